The van der Waals surface area contributed by atoms with Crippen LogP contribution in [0.15, 0.2) is 6.07 Å². The number of nitrogens with zero attached hydrogens (tertiary/aromatic N) is 3. The van der Waals surface area contributed by atoms with Crippen molar-refractivity contribution >= 4 is 17.4 Å². The zero-order valence-corrected chi connectivity index (χ0v) is 12.5. The van der Waals surface area contributed by atoms with Crippen LogP contribution in [0.3, 0.4) is 0 Å². The normalized spacial score (nSPS) is 18.2. The van der Waals surface area contributed by atoms with Crippen molar-refractivity contribution in [3.63, 3.8) is 0 Å². The monoisotopic (exact) mass is 267 g/mol. The van der Waals surface area contributed by atoms with Crippen LogP contribution in [0.25, 0.3) is 0 Å². The van der Waals surface area contributed by atoms with E-state index in [1.807, 2.05) is 13.0 Å². The number of aromatic nitrogens is 2. The highest BCUT2D eigenvalue weighted by atomic mass is 35.5. The average molecular weight is 268 g/mol. The fraction of sp³-hybridized carbons (Fsp3) is 0.714. The largest absolute Gasteiger partial charge is 0.356 e. The molecule has 4 heteroatoms. The van der Waals surface area contributed by atoms with E-state index in [0.717, 1.165) is 30.6 Å². The van der Waals surface area contributed by atoms with Gasteiger partial charge in [-0.2, -0.15) is 0 Å². The second-order valence-electron chi connectivity index (χ2n) is 6.22. The molecule has 1 aliphatic heterocycles. The molecule has 1 aromatic rings. The van der Waals surface area contributed by atoms with E-state index in [9.17, 15) is 0 Å². The average Bonchev–Trinajstić information content (AvgIpc) is 2.27. The fourth-order valence-corrected chi connectivity index (χ4v) is 2.87. The van der Waals surface area contributed by atoms with Gasteiger partial charge in [0.1, 0.15) is 16.8 Å². The van der Waals surface area contributed by atoms with Gasteiger partial charge >= 0.3 is 0 Å². The molecule has 0 unspecified atom stereocenters. The molecule has 0 aliphatic carbocycles. The van der Waals surface area contributed by atoms with Crippen LogP contribution >= 0.6 is 11.6 Å². The van der Waals surface area contributed by atoms with Crippen LogP contribution in [0.5, 0.6) is 0 Å². The first-order valence-corrected chi connectivity index (χ1v) is 7.00. The second kappa shape index (κ2) is 5.04. The fourth-order valence-electron chi connectivity index (χ4n) is 2.65. The number of hydrogen-bond acceptors (Lipinski definition) is 3. The Kier molecular flexibility index (Phi) is 3.81. The predicted octanol–water partition coefficient (Wildman–Crippen LogP) is 3.70. The van der Waals surface area contributed by atoms with Gasteiger partial charge < -0.3 is 4.90 Å². The summed E-state index contributed by atoms with van der Waals surface area (Å²) >= 11 is 5.99. The van der Waals surface area contributed by atoms with Gasteiger partial charge in [0.2, 0.25) is 0 Å². The van der Waals surface area contributed by atoms with Crippen LogP contribution in [-0.4, -0.2) is 23.1 Å². The van der Waals surface area contributed by atoms with Gasteiger partial charge in [0, 0.05) is 19.2 Å². The van der Waals surface area contributed by atoms with Gasteiger partial charge in [0.15, 0.2) is 0 Å². The predicted molar refractivity (Wildman–Crippen MR) is 76.2 cm³/mol. The third-order valence-corrected chi connectivity index (χ3v) is 4.03. The number of piperidine rings is 1. The van der Waals surface area contributed by atoms with Crippen LogP contribution in [0.4, 0.5) is 5.82 Å². The molecule has 0 aromatic carbocycles. The standard InChI is InChI=1S/C14H22ClN3/c1-10-16-12(15)9-13(17-10)18-7-5-11(6-8-18)14(2,3)4/h9,11H,5-8H2,1-4H3. The summed E-state index contributed by atoms with van der Waals surface area (Å²) in [4.78, 5) is 10.9. The molecule has 0 saturated carbocycles. The molecule has 0 amide bonds. The van der Waals surface area contributed by atoms with Crippen molar-refractivity contribution in [1.82, 2.24) is 9.97 Å². The molecule has 0 radical (unpaired) electrons. The van der Waals surface area contributed by atoms with E-state index in [1.54, 1.807) is 0 Å². The Hall–Kier alpha value is -0.830. The third-order valence-electron chi connectivity index (χ3n) is 3.84. The van der Waals surface area contributed by atoms with E-state index in [1.165, 1.54) is 12.8 Å². The van der Waals surface area contributed by atoms with E-state index in [4.69, 9.17) is 11.6 Å². The number of hydrogen-bond donors (Lipinski definition) is 0. The molecule has 18 heavy (non-hydrogen) atoms. The molecule has 2 rings (SSSR count). The minimum atomic E-state index is 0.408. The third kappa shape index (κ3) is 3.14. The van der Waals surface area contributed by atoms with E-state index >= 15 is 0 Å². The lowest BCUT2D eigenvalue weighted by Gasteiger charge is -2.39. The van der Waals surface area contributed by atoms with Crippen molar-refractivity contribution in [3.05, 3.63) is 17.0 Å². The summed E-state index contributed by atoms with van der Waals surface area (Å²) in [6.45, 7) is 11.0. The van der Waals surface area contributed by atoms with Gasteiger partial charge in [-0.1, -0.05) is 32.4 Å². The molecule has 1 saturated heterocycles. The van der Waals surface area contributed by atoms with Gasteiger partial charge in [0.05, 0.1) is 0 Å². The Labute approximate surface area is 115 Å². The number of anilines is 1. The van der Waals surface area contributed by atoms with Crippen molar-refractivity contribution in [2.45, 2.75) is 40.5 Å². The summed E-state index contributed by atoms with van der Waals surface area (Å²) in [5, 5.41) is 0.537. The first-order chi connectivity index (χ1) is 8.36. The van der Waals surface area contributed by atoms with E-state index in [0.29, 0.717) is 10.6 Å². The molecule has 100 valence electrons. The minimum Gasteiger partial charge on any atom is -0.356 e. The van der Waals surface area contributed by atoms with Crippen molar-refractivity contribution in [2.24, 2.45) is 11.3 Å². The molecule has 0 atom stereocenters. The topological polar surface area (TPSA) is 29.0 Å². The molecular weight excluding hydrogens is 246 g/mol. The van der Waals surface area contributed by atoms with Crippen LogP contribution in [0.2, 0.25) is 5.15 Å². The van der Waals surface area contributed by atoms with E-state index in [2.05, 4.69) is 35.6 Å². The lowest BCUT2D eigenvalue weighted by molar-refractivity contribution is 0.198. The quantitative estimate of drug-likeness (QED) is 0.727. The zero-order chi connectivity index (χ0) is 13.3. The summed E-state index contributed by atoms with van der Waals surface area (Å²) in [6.07, 6.45) is 2.45. The Morgan fingerprint density at radius 1 is 1.22 bits per heavy atom. The van der Waals surface area contributed by atoms with Crippen molar-refractivity contribution in [1.29, 1.82) is 0 Å². The van der Waals surface area contributed by atoms with Crippen LogP contribution in [0, 0.1) is 18.3 Å². The first kappa shape index (κ1) is 13.6. The Morgan fingerprint density at radius 3 is 2.33 bits per heavy atom. The summed E-state index contributed by atoms with van der Waals surface area (Å²) in [7, 11) is 0. The van der Waals surface area contributed by atoms with Crippen molar-refractivity contribution in [2.75, 3.05) is 18.0 Å². The Balaban J connectivity index is 2.05. The Bertz CT molecular complexity index is 397. The second-order valence-corrected chi connectivity index (χ2v) is 6.61. The molecule has 0 bridgehead atoms. The van der Waals surface area contributed by atoms with Crippen molar-refractivity contribution < 1.29 is 0 Å². The highest BCUT2D eigenvalue weighted by molar-refractivity contribution is 6.29. The molecule has 2 heterocycles. The lowest BCUT2D eigenvalue weighted by Crippen LogP contribution is -2.38. The molecule has 1 aliphatic rings. The maximum Gasteiger partial charge on any atom is 0.134 e. The summed E-state index contributed by atoms with van der Waals surface area (Å²) in [6, 6.07) is 1.87. The van der Waals surface area contributed by atoms with Crippen LogP contribution < -0.4 is 4.90 Å². The van der Waals surface area contributed by atoms with Gasteiger partial charge in [-0.15, -0.1) is 0 Å². The summed E-state index contributed by atoms with van der Waals surface area (Å²) in [5.41, 5.74) is 0.408. The zero-order valence-electron chi connectivity index (χ0n) is 11.7. The Morgan fingerprint density at radius 2 is 1.83 bits per heavy atom. The number of aryl methyl sites for hydroxylation is 1. The smallest absolute Gasteiger partial charge is 0.134 e. The molecule has 1 aromatic heterocycles. The van der Waals surface area contributed by atoms with E-state index in [-0.39, 0.29) is 0 Å². The molecule has 0 N–H and O–H groups in total. The lowest BCUT2D eigenvalue weighted by atomic mass is 9.75. The molecule has 1 fully saturated rings. The SMILES string of the molecule is Cc1nc(Cl)cc(N2CCC(C(C)(C)C)CC2)n1. The maximum atomic E-state index is 5.99. The van der Waals surface area contributed by atoms with Crippen LogP contribution in [0.1, 0.15) is 39.4 Å². The minimum absolute atomic E-state index is 0.408. The van der Waals surface area contributed by atoms with Gasteiger partial charge in [-0.3, -0.25) is 0 Å². The van der Waals surface area contributed by atoms with E-state index < -0.39 is 0 Å². The first-order valence-electron chi connectivity index (χ1n) is 6.62. The molecular formula is C14H22ClN3. The maximum absolute atomic E-state index is 5.99. The number of halogens is 1. The molecule has 3 nitrogen and oxygen atoms in total. The van der Waals surface area contributed by atoms with Crippen LogP contribution in [-0.2, 0) is 0 Å². The molecule has 0 spiro atoms. The summed E-state index contributed by atoms with van der Waals surface area (Å²) in [5.74, 6) is 2.52. The van der Waals surface area contributed by atoms with Gasteiger partial charge in [-0.25, -0.2) is 9.97 Å². The highest BCUT2D eigenvalue weighted by Crippen LogP contribution is 2.35. The highest BCUT2D eigenvalue weighted by Gasteiger charge is 2.29. The van der Waals surface area contributed by atoms with Crippen molar-refractivity contribution in [3.8, 4) is 0 Å². The van der Waals surface area contributed by atoms with Gasteiger partial charge in [-0.05, 0) is 31.1 Å². The number of rotatable bonds is 1. The van der Waals surface area contributed by atoms with Gasteiger partial charge in [0.25, 0.3) is 0 Å². The summed E-state index contributed by atoms with van der Waals surface area (Å²) < 4.78 is 0.